The number of ether oxygens (including phenoxy) is 3. The van der Waals surface area contributed by atoms with Gasteiger partial charge in [-0.25, -0.2) is 9.78 Å². The van der Waals surface area contributed by atoms with Gasteiger partial charge in [-0.1, -0.05) is 91.0 Å². The molecule has 0 bridgehead atoms. The average Bonchev–Trinajstić information content (AvgIpc) is 3.38. The molecule has 1 aliphatic carbocycles. The van der Waals surface area contributed by atoms with E-state index < -0.39 is 5.97 Å². The number of benzene rings is 3. The quantitative estimate of drug-likeness (QED) is 0.182. The summed E-state index contributed by atoms with van der Waals surface area (Å²) in [6.45, 7) is 0.975. The van der Waals surface area contributed by atoms with Crippen LogP contribution in [-0.2, 0) is 27.4 Å². The minimum absolute atomic E-state index is 0.0810. The number of aromatic nitrogens is 2. The smallest absolute Gasteiger partial charge is 0.356 e. The van der Waals surface area contributed by atoms with Crippen molar-refractivity contribution in [3.05, 3.63) is 126 Å². The Morgan fingerprint density at radius 3 is 2.23 bits per heavy atom. The maximum Gasteiger partial charge on any atom is 0.356 e. The van der Waals surface area contributed by atoms with Crippen LogP contribution in [-0.4, -0.2) is 35.3 Å². The van der Waals surface area contributed by atoms with Crippen molar-refractivity contribution >= 4 is 27.8 Å². The average molecular weight is 519 g/mol. The van der Waals surface area contributed by atoms with Crippen LogP contribution in [0.25, 0.3) is 21.8 Å². The number of carbonyl (C=O) groups excluding carboxylic acids is 1. The minimum atomic E-state index is -0.454. The van der Waals surface area contributed by atoms with E-state index in [2.05, 4.69) is 47.5 Å². The van der Waals surface area contributed by atoms with Crippen molar-refractivity contribution in [2.45, 2.75) is 37.8 Å². The Balaban J connectivity index is 1.35. The van der Waals surface area contributed by atoms with Crippen LogP contribution in [0, 0.1) is 0 Å². The van der Waals surface area contributed by atoms with E-state index in [1.165, 1.54) is 7.11 Å². The van der Waals surface area contributed by atoms with Gasteiger partial charge < -0.3 is 19.2 Å². The topological polar surface area (TPSA) is 73.4 Å². The number of carbonyl (C=O) groups is 1. The maximum atomic E-state index is 12.6. The minimum Gasteiger partial charge on any atom is -0.464 e. The van der Waals surface area contributed by atoms with Crippen LogP contribution in [0.1, 0.15) is 39.6 Å². The molecule has 3 aromatic carbocycles. The predicted molar refractivity (Wildman–Crippen MR) is 151 cm³/mol. The van der Waals surface area contributed by atoms with Crippen molar-refractivity contribution in [2.75, 3.05) is 7.11 Å². The van der Waals surface area contributed by atoms with E-state index in [-0.39, 0.29) is 18.1 Å². The molecule has 2 heterocycles. The zero-order valence-corrected chi connectivity index (χ0v) is 21.7. The van der Waals surface area contributed by atoms with E-state index in [1.54, 1.807) is 0 Å². The molecule has 0 radical (unpaired) electrons. The number of hydrogen-bond acceptors (Lipinski definition) is 5. The van der Waals surface area contributed by atoms with Crippen molar-refractivity contribution in [1.29, 1.82) is 0 Å². The largest absolute Gasteiger partial charge is 0.464 e. The van der Waals surface area contributed by atoms with Gasteiger partial charge in [0.25, 0.3) is 0 Å². The summed E-state index contributed by atoms with van der Waals surface area (Å²) >= 11 is 0. The number of aromatic amines is 1. The third-order valence-corrected chi connectivity index (χ3v) is 7.25. The van der Waals surface area contributed by atoms with Gasteiger partial charge in [0, 0.05) is 22.2 Å². The Hall–Kier alpha value is -4.26. The zero-order chi connectivity index (χ0) is 26.6. The van der Waals surface area contributed by atoms with Crippen LogP contribution in [0.5, 0.6) is 0 Å². The number of allylic oxidation sites excluding steroid dienone is 1. The number of hydrogen-bond donors (Lipinski definition) is 1. The molecule has 0 fully saturated rings. The third kappa shape index (κ3) is 5.35. The van der Waals surface area contributed by atoms with Crippen LogP contribution < -0.4 is 0 Å². The van der Waals surface area contributed by atoms with E-state index in [0.717, 1.165) is 38.6 Å². The number of H-pyrrole nitrogens is 1. The summed E-state index contributed by atoms with van der Waals surface area (Å²) in [6.07, 6.45) is 4.45. The number of rotatable bonds is 8. The van der Waals surface area contributed by atoms with Gasteiger partial charge in [0.15, 0.2) is 0 Å². The highest BCUT2D eigenvalue weighted by atomic mass is 16.5. The standard InChI is InChI=1S/C33H30N2O4/c1-37-33(36)28-19-26-25-14-8-9-15-27(25)34-32(26)31(35-28)24-16-17-29(38-20-22-10-4-2-5-11-22)30(18-24)39-21-23-12-6-3-7-13-23/h2-17,19,24,29-30,34H,18,20-21H2,1H3/t24-,29?,30+/m0/s1. The van der Waals surface area contributed by atoms with Crippen molar-refractivity contribution in [2.24, 2.45) is 0 Å². The Bertz CT molecular complexity index is 1610. The van der Waals surface area contributed by atoms with Gasteiger partial charge in [-0.2, -0.15) is 0 Å². The van der Waals surface area contributed by atoms with E-state index in [1.807, 2.05) is 60.7 Å². The second-order valence-corrected chi connectivity index (χ2v) is 9.80. The lowest BCUT2D eigenvalue weighted by Gasteiger charge is -2.32. The molecule has 1 aliphatic rings. The fraction of sp³-hybridized carbons (Fsp3) is 0.212. The first kappa shape index (κ1) is 25.0. The molecule has 0 saturated heterocycles. The number of para-hydroxylation sites is 1. The monoisotopic (exact) mass is 518 g/mol. The molecule has 0 saturated carbocycles. The highest BCUT2D eigenvalue weighted by Crippen LogP contribution is 2.37. The maximum absolute atomic E-state index is 12.6. The first-order valence-corrected chi connectivity index (χ1v) is 13.2. The summed E-state index contributed by atoms with van der Waals surface area (Å²) in [4.78, 5) is 20.9. The molecular formula is C33H30N2O4. The van der Waals surface area contributed by atoms with Crippen molar-refractivity contribution in [1.82, 2.24) is 9.97 Å². The molecule has 196 valence electrons. The number of nitrogens with zero attached hydrogens (tertiary/aromatic N) is 1. The van der Waals surface area contributed by atoms with Gasteiger partial charge in [0.2, 0.25) is 0 Å². The highest BCUT2D eigenvalue weighted by molar-refractivity contribution is 6.09. The van der Waals surface area contributed by atoms with E-state index in [0.29, 0.717) is 25.3 Å². The van der Waals surface area contributed by atoms with Gasteiger partial charge in [-0.3, -0.25) is 0 Å². The van der Waals surface area contributed by atoms with Crippen LogP contribution in [0.2, 0.25) is 0 Å². The summed E-state index contributed by atoms with van der Waals surface area (Å²) in [5, 5.41) is 2.00. The van der Waals surface area contributed by atoms with Crippen LogP contribution in [0.4, 0.5) is 0 Å². The lowest BCUT2D eigenvalue weighted by molar-refractivity contribution is -0.0729. The zero-order valence-electron chi connectivity index (χ0n) is 21.7. The Labute approximate surface area is 227 Å². The fourth-order valence-corrected chi connectivity index (χ4v) is 5.25. The molecule has 6 rings (SSSR count). The first-order valence-electron chi connectivity index (χ1n) is 13.2. The molecule has 1 N–H and O–H groups in total. The van der Waals surface area contributed by atoms with E-state index >= 15 is 0 Å². The van der Waals surface area contributed by atoms with Crippen LogP contribution in [0.15, 0.2) is 103 Å². The summed E-state index contributed by atoms with van der Waals surface area (Å²) in [7, 11) is 1.38. The molecule has 6 heteroatoms. The fourth-order valence-electron chi connectivity index (χ4n) is 5.25. The van der Waals surface area contributed by atoms with E-state index in [4.69, 9.17) is 19.2 Å². The first-order chi connectivity index (χ1) is 19.2. The third-order valence-electron chi connectivity index (χ3n) is 7.25. The van der Waals surface area contributed by atoms with Gasteiger partial charge in [-0.05, 0) is 29.7 Å². The molecule has 2 aromatic heterocycles. The predicted octanol–water partition coefficient (Wildman–Crippen LogP) is 6.72. The Kier molecular flexibility index (Phi) is 7.21. The SMILES string of the molecule is COC(=O)c1cc2c([nH]c3ccccc32)c([C@H]2C=CC(OCc3ccccc3)[C@H](OCc3ccccc3)C2)n1. The molecule has 0 spiro atoms. The molecular weight excluding hydrogens is 488 g/mol. The summed E-state index contributed by atoms with van der Waals surface area (Å²) in [5.74, 6) is -0.535. The molecule has 0 amide bonds. The van der Waals surface area contributed by atoms with Gasteiger partial charge in [-0.15, -0.1) is 0 Å². The molecule has 6 nitrogen and oxygen atoms in total. The number of nitrogens with one attached hydrogen (secondary N) is 1. The summed E-state index contributed by atoms with van der Waals surface area (Å²) in [5.41, 5.74) is 5.23. The van der Waals surface area contributed by atoms with Crippen molar-refractivity contribution in [3.63, 3.8) is 0 Å². The molecule has 5 aromatic rings. The Morgan fingerprint density at radius 1 is 0.846 bits per heavy atom. The summed E-state index contributed by atoms with van der Waals surface area (Å²) in [6, 6.07) is 30.2. The molecule has 0 aliphatic heterocycles. The van der Waals surface area contributed by atoms with Crippen molar-refractivity contribution < 1.29 is 19.0 Å². The molecule has 3 atom stereocenters. The molecule has 1 unspecified atom stereocenters. The van der Waals surface area contributed by atoms with Gasteiger partial charge in [0.05, 0.1) is 37.6 Å². The number of esters is 1. The van der Waals surface area contributed by atoms with Crippen LogP contribution >= 0.6 is 0 Å². The van der Waals surface area contributed by atoms with Crippen LogP contribution in [0.3, 0.4) is 0 Å². The Morgan fingerprint density at radius 2 is 1.51 bits per heavy atom. The highest BCUT2D eigenvalue weighted by Gasteiger charge is 2.31. The number of fused-ring (bicyclic) bond motifs is 3. The van der Waals surface area contributed by atoms with E-state index in [9.17, 15) is 4.79 Å². The molecule has 39 heavy (non-hydrogen) atoms. The van der Waals surface area contributed by atoms with Crippen molar-refractivity contribution in [3.8, 4) is 0 Å². The van der Waals surface area contributed by atoms with Gasteiger partial charge in [0.1, 0.15) is 11.8 Å². The lowest BCUT2D eigenvalue weighted by Crippen LogP contribution is -2.34. The normalized spacial score (nSPS) is 18.9. The van der Waals surface area contributed by atoms with Gasteiger partial charge >= 0.3 is 5.97 Å². The summed E-state index contributed by atoms with van der Waals surface area (Å²) < 4.78 is 17.9. The number of pyridine rings is 1. The number of methoxy groups -OCH3 is 1. The lowest BCUT2D eigenvalue weighted by atomic mass is 9.87. The second kappa shape index (κ2) is 11.2. The second-order valence-electron chi connectivity index (χ2n) is 9.80.